The number of hydrazone groups is 1. The number of anilines is 1. The minimum Gasteiger partial charge on any atom is -0.489 e. The van der Waals surface area contributed by atoms with Crippen molar-refractivity contribution < 1.29 is 14.3 Å². The molecule has 0 aliphatic carbocycles. The van der Waals surface area contributed by atoms with E-state index in [4.69, 9.17) is 4.74 Å². The lowest BCUT2D eigenvalue weighted by atomic mass is 9.91. The highest BCUT2D eigenvalue weighted by atomic mass is 16.5. The third-order valence-electron chi connectivity index (χ3n) is 5.69. The first-order valence-corrected chi connectivity index (χ1v) is 12.1. The standard InChI is InChI=1S/C31H29N3O3/c1-23(33-34-31(36)30(25-13-7-3-8-14-25)26-15-9-4-10-16-26)21-29(35)32-27-17-19-28(20-18-27)37-22-24-11-5-2-6-12-24/h2-20,30H,21-22H2,1H3,(H,32,35)(H,34,36)/b33-23+. The molecule has 6 heteroatoms. The molecule has 0 atom stereocenters. The van der Waals surface area contributed by atoms with E-state index >= 15 is 0 Å². The summed E-state index contributed by atoms with van der Waals surface area (Å²) in [6.45, 7) is 2.18. The van der Waals surface area contributed by atoms with Gasteiger partial charge in [0.25, 0.3) is 5.91 Å². The summed E-state index contributed by atoms with van der Waals surface area (Å²) in [6, 6.07) is 36.2. The molecule has 0 saturated carbocycles. The van der Waals surface area contributed by atoms with Crippen LogP contribution in [0.3, 0.4) is 0 Å². The van der Waals surface area contributed by atoms with Crippen LogP contribution in [0.4, 0.5) is 5.69 Å². The highest BCUT2D eigenvalue weighted by molar-refractivity contribution is 6.05. The van der Waals surface area contributed by atoms with E-state index in [1.54, 1.807) is 19.1 Å². The molecule has 2 N–H and O–H groups in total. The summed E-state index contributed by atoms with van der Waals surface area (Å²) in [5, 5.41) is 7.03. The lowest BCUT2D eigenvalue weighted by molar-refractivity contribution is -0.121. The first kappa shape index (κ1) is 25.4. The Labute approximate surface area is 217 Å². The van der Waals surface area contributed by atoms with Crippen LogP contribution in [0.15, 0.2) is 120 Å². The second kappa shape index (κ2) is 12.8. The number of amides is 2. The molecule has 0 bridgehead atoms. The fourth-order valence-corrected chi connectivity index (χ4v) is 3.85. The van der Waals surface area contributed by atoms with Crippen LogP contribution in [0.1, 0.15) is 36.0 Å². The molecule has 0 aromatic heterocycles. The molecular formula is C31H29N3O3. The average Bonchev–Trinajstić information content (AvgIpc) is 2.93. The quantitative estimate of drug-likeness (QED) is 0.214. The van der Waals surface area contributed by atoms with Crippen molar-refractivity contribution in [2.45, 2.75) is 25.9 Å². The zero-order chi connectivity index (χ0) is 25.9. The van der Waals surface area contributed by atoms with Gasteiger partial charge in [-0.3, -0.25) is 9.59 Å². The van der Waals surface area contributed by atoms with E-state index < -0.39 is 5.92 Å². The van der Waals surface area contributed by atoms with Gasteiger partial charge in [-0.25, -0.2) is 5.43 Å². The van der Waals surface area contributed by atoms with Gasteiger partial charge in [0, 0.05) is 11.4 Å². The summed E-state index contributed by atoms with van der Waals surface area (Å²) < 4.78 is 5.78. The number of nitrogens with zero attached hydrogens (tertiary/aromatic N) is 1. The second-order valence-electron chi connectivity index (χ2n) is 8.60. The van der Waals surface area contributed by atoms with Gasteiger partial charge in [-0.15, -0.1) is 0 Å². The van der Waals surface area contributed by atoms with Crippen molar-refractivity contribution in [3.8, 4) is 5.75 Å². The van der Waals surface area contributed by atoms with Gasteiger partial charge in [-0.1, -0.05) is 91.0 Å². The average molecular weight is 492 g/mol. The molecule has 0 aliphatic heterocycles. The van der Waals surface area contributed by atoms with Crippen molar-refractivity contribution in [1.82, 2.24) is 5.43 Å². The fraction of sp³-hybridized carbons (Fsp3) is 0.129. The van der Waals surface area contributed by atoms with Gasteiger partial charge in [-0.05, 0) is 47.9 Å². The molecule has 0 spiro atoms. The Kier molecular flexibility index (Phi) is 8.81. The number of carbonyl (C=O) groups is 2. The summed E-state index contributed by atoms with van der Waals surface area (Å²) in [4.78, 5) is 25.6. The Balaban J connectivity index is 1.30. The third-order valence-corrected chi connectivity index (χ3v) is 5.69. The molecule has 0 heterocycles. The molecule has 2 amide bonds. The topological polar surface area (TPSA) is 79.8 Å². The Morgan fingerprint density at radius 2 is 1.30 bits per heavy atom. The summed E-state index contributed by atoms with van der Waals surface area (Å²) in [6.07, 6.45) is 0.0495. The Hall–Kier alpha value is -4.71. The summed E-state index contributed by atoms with van der Waals surface area (Å²) in [5.74, 6) is -0.275. The number of nitrogens with one attached hydrogen (secondary N) is 2. The van der Waals surface area contributed by atoms with E-state index in [0.717, 1.165) is 16.7 Å². The van der Waals surface area contributed by atoms with Gasteiger partial charge < -0.3 is 10.1 Å². The maximum absolute atomic E-state index is 13.1. The number of carbonyl (C=O) groups excluding carboxylic acids is 2. The smallest absolute Gasteiger partial charge is 0.252 e. The van der Waals surface area contributed by atoms with E-state index in [0.29, 0.717) is 23.8 Å². The molecule has 37 heavy (non-hydrogen) atoms. The van der Waals surface area contributed by atoms with Crippen molar-refractivity contribution in [2.24, 2.45) is 5.10 Å². The summed E-state index contributed by atoms with van der Waals surface area (Å²) >= 11 is 0. The molecule has 0 unspecified atom stereocenters. The van der Waals surface area contributed by atoms with Crippen LogP contribution in [-0.2, 0) is 16.2 Å². The van der Waals surface area contributed by atoms with Crippen molar-refractivity contribution >= 4 is 23.2 Å². The van der Waals surface area contributed by atoms with Crippen molar-refractivity contribution in [3.05, 3.63) is 132 Å². The van der Waals surface area contributed by atoms with Gasteiger partial charge in [0.05, 0.1) is 12.3 Å². The zero-order valence-corrected chi connectivity index (χ0v) is 20.6. The molecule has 0 fully saturated rings. The van der Waals surface area contributed by atoms with Crippen LogP contribution >= 0.6 is 0 Å². The molecule has 4 rings (SSSR count). The number of ether oxygens (including phenoxy) is 1. The van der Waals surface area contributed by atoms with Crippen LogP contribution in [0, 0.1) is 0 Å². The van der Waals surface area contributed by atoms with E-state index in [2.05, 4.69) is 15.8 Å². The molecule has 4 aromatic rings. The largest absolute Gasteiger partial charge is 0.489 e. The lowest BCUT2D eigenvalue weighted by Gasteiger charge is -2.16. The van der Waals surface area contributed by atoms with Crippen molar-refractivity contribution in [1.29, 1.82) is 0 Å². The Morgan fingerprint density at radius 1 is 0.757 bits per heavy atom. The normalized spacial score (nSPS) is 11.1. The maximum Gasteiger partial charge on any atom is 0.252 e. The van der Waals surface area contributed by atoms with E-state index in [-0.39, 0.29) is 18.2 Å². The molecule has 4 aromatic carbocycles. The minimum absolute atomic E-state index is 0.0495. The van der Waals surface area contributed by atoms with Crippen LogP contribution in [0.5, 0.6) is 5.75 Å². The molecule has 186 valence electrons. The van der Waals surface area contributed by atoms with Crippen LogP contribution in [0.25, 0.3) is 0 Å². The number of benzene rings is 4. The molecule has 6 nitrogen and oxygen atoms in total. The number of hydrogen-bond acceptors (Lipinski definition) is 4. The zero-order valence-electron chi connectivity index (χ0n) is 20.6. The van der Waals surface area contributed by atoms with Gasteiger partial charge in [0.2, 0.25) is 5.91 Å². The summed E-state index contributed by atoms with van der Waals surface area (Å²) in [5.41, 5.74) is 6.61. The first-order chi connectivity index (χ1) is 18.1. The maximum atomic E-state index is 13.1. The van der Waals surface area contributed by atoms with Gasteiger partial charge in [0.15, 0.2) is 0 Å². The van der Waals surface area contributed by atoms with Gasteiger partial charge in [0.1, 0.15) is 12.4 Å². The minimum atomic E-state index is -0.504. The van der Waals surface area contributed by atoms with Gasteiger partial charge in [-0.2, -0.15) is 5.10 Å². The first-order valence-electron chi connectivity index (χ1n) is 12.1. The van der Waals surface area contributed by atoms with E-state index in [9.17, 15) is 9.59 Å². The third kappa shape index (κ3) is 7.64. The van der Waals surface area contributed by atoms with Crippen molar-refractivity contribution in [3.63, 3.8) is 0 Å². The predicted molar refractivity (Wildman–Crippen MR) is 146 cm³/mol. The van der Waals surface area contributed by atoms with E-state index in [1.807, 2.05) is 103 Å². The van der Waals surface area contributed by atoms with Gasteiger partial charge >= 0.3 is 0 Å². The SMILES string of the molecule is C/C(CC(=O)Nc1ccc(OCc2ccccc2)cc1)=N\NC(=O)C(c1ccccc1)c1ccccc1. The molecular weight excluding hydrogens is 462 g/mol. The van der Waals surface area contributed by atoms with Crippen molar-refractivity contribution in [2.75, 3.05) is 5.32 Å². The highest BCUT2D eigenvalue weighted by Crippen LogP contribution is 2.24. The Bertz CT molecular complexity index is 1280. The number of hydrogen-bond donors (Lipinski definition) is 2. The predicted octanol–water partition coefficient (Wildman–Crippen LogP) is 5.92. The van der Waals surface area contributed by atoms with E-state index in [1.165, 1.54) is 0 Å². The second-order valence-corrected chi connectivity index (χ2v) is 8.60. The fourth-order valence-electron chi connectivity index (χ4n) is 3.85. The molecule has 0 radical (unpaired) electrons. The van der Waals surface area contributed by atoms with Crippen LogP contribution < -0.4 is 15.5 Å². The molecule has 0 saturated heterocycles. The number of rotatable bonds is 10. The van der Waals surface area contributed by atoms with Crippen LogP contribution in [-0.4, -0.2) is 17.5 Å². The monoisotopic (exact) mass is 491 g/mol. The lowest BCUT2D eigenvalue weighted by Crippen LogP contribution is -2.27. The van der Waals surface area contributed by atoms with Crippen LogP contribution in [0.2, 0.25) is 0 Å². The summed E-state index contributed by atoms with van der Waals surface area (Å²) in [7, 11) is 0. The Morgan fingerprint density at radius 3 is 1.86 bits per heavy atom. The molecule has 0 aliphatic rings. The highest BCUT2D eigenvalue weighted by Gasteiger charge is 2.22.